The van der Waals surface area contributed by atoms with E-state index < -0.39 is 5.54 Å². The van der Waals surface area contributed by atoms with Crippen LogP contribution in [0.3, 0.4) is 0 Å². The molecule has 21 heavy (non-hydrogen) atoms. The minimum atomic E-state index is -0.989. The number of furan rings is 1. The number of benzene rings is 1. The highest BCUT2D eigenvalue weighted by atomic mass is 16.5. The Morgan fingerprint density at radius 2 is 1.67 bits per heavy atom. The third-order valence-electron chi connectivity index (χ3n) is 3.68. The number of hydroxylamine groups is 2. The normalized spacial score (nSPS) is 17.7. The molecule has 0 amide bonds. The first kappa shape index (κ1) is 13.4. The lowest BCUT2D eigenvalue weighted by molar-refractivity contribution is -0.530. The van der Waals surface area contributed by atoms with Crippen LogP contribution in [0.2, 0.25) is 0 Å². The molecule has 108 valence electrons. The van der Waals surface area contributed by atoms with E-state index in [4.69, 9.17) is 4.42 Å². The Morgan fingerprint density at radius 3 is 2.24 bits per heavy atom. The van der Waals surface area contributed by atoms with Crippen LogP contribution < -0.4 is 0 Å². The van der Waals surface area contributed by atoms with Crippen molar-refractivity contribution in [3.63, 3.8) is 0 Å². The highest BCUT2D eigenvalue weighted by Crippen LogP contribution is 2.26. The lowest BCUT2D eigenvalue weighted by Gasteiger charge is -2.14. The molecule has 0 radical (unpaired) electrons. The molecule has 0 N–H and O–H groups in total. The van der Waals surface area contributed by atoms with E-state index in [-0.39, 0.29) is 5.84 Å². The number of hydrogen-bond donors (Lipinski definition) is 0. The molecule has 0 bridgehead atoms. The average molecular weight is 284 g/mol. The fourth-order valence-electron chi connectivity index (χ4n) is 2.58. The van der Waals surface area contributed by atoms with Crippen molar-refractivity contribution < 1.29 is 13.9 Å². The Morgan fingerprint density at radius 1 is 1.00 bits per heavy atom. The highest BCUT2D eigenvalue weighted by Gasteiger charge is 2.54. The molecule has 0 fully saturated rings. The third kappa shape index (κ3) is 1.93. The van der Waals surface area contributed by atoms with Gasteiger partial charge in [0, 0.05) is 13.8 Å². The number of hydrogen-bond acceptors (Lipinski definition) is 3. The molecule has 0 spiro atoms. The molecule has 0 unspecified atom stereocenters. The van der Waals surface area contributed by atoms with Crippen molar-refractivity contribution in [1.29, 1.82) is 0 Å². The van der Waals surface area contributed by atoms with Gasteiger partial charge in [-0.3, -0.25) is 0 Å². The minimum absolute atomic E-state index is 0.0876. The van der Waals surface area contributed by atoms with Gasteiger partial charge in [0.1, 0.15) is 11.3 Å². The minimum Gasteiger partial charge on any atom is -0.618 e. The van der Waals surface area contributed by atoms with Gasteiger partial charge < -0.3 is 14.8 Å². The van der Waals surface area contributed by atoms with Crippen LogP contribution in [0.15, 0.2) is 46.9 Å². The summed E-state index contributed by atoms with van der Waals surface area (Å²) in [5.74, 6) is 1.22. The Labute approximate surface area is 122 Å². The summed E-state index contributed by atoms with van der Waals surface area (Å²) >= 11 is 0. The van der Waals surface area contributed by atoms with E-state index in [0.717, 1.165) is 4.74 Å². The summed E-state index contributed by atoms with van der Waals surface area (Å²) in [7, 11) is 0. The average Bonchev–Trinajstić information content (AvgIpc) is 2.92. The molecule has 1 aromatic heterocycles. The molecule has 0 saturated carbocycles. The lowest BCUT2D eigenvalue weighted by atomic mass is 9.97. The summed E-state index contributed by atoms with van der Waals surface area (Å²) < 4.78 is 6.98. The molecule has 3 rings (SSSR count). The van der Waals surface area contributed by atoms with Crippen molar-refractivity contribution in [1.82, 2.24) is 0 Å². The van der Waals surface area contributed by atoms with Gasteiger partial charge in [-0.05, 0) is 31.2 Å². The monoisotopic (exact) mass is 284 g/mol. The van der Waals surface area contributed by atoms with E-state index in [0.29, 0.717) is 27.5 Å². The van der Waals surface area contributed by atoms with Crippen LogP contribution in [0.1, 0.15) is 30.9 Å². The summed E-state index contributed by atoms with van der Waals surface area (Å²) in [6.07, 6.45) is 0. The predicted molar refractivity (Wildman–Crippen MR) is 79.4 cm³/mol. The van der Waals surface area contributed by atoms with Crippen molar-refractivity contribution in [2.75, 3.05) is 0 Å². The molecule has 2 aromatic rings. The molecule has 1 aromatic carbocycles. The molecule has 0 aliphatic carbocycles. The second-order valence-electron chi connectivity index (χ2n) is 5.60. The van der Waals surface area contributed by atoms with Gasteiger partial charge in [-0.15, -0.1) is 4.74 Å². The van der Waals surface area contributed by atoms with Gasteiger partial charge >= 0.3 is 11.5 Å². The predicted octanol–water partition coefficient (Wildman–Crippen LogP) is 2.64. The van der Waals surface area contributed by atoms with Crippen LogP contribution in [0.25, 0.3) is 0 Å². The first-order chi connectivity index (χ1) is 9.93. The number of rotatable bonds is 2. The van der Waals surface area contributed by atoms with Gasteiger partial charge in [0.25, 0.3) is 5.54 Å². The fourth-order valence-corrected chi connectivity index (χ4v) is 2.58. The third-order valence-corrected chi connectivity index (χ3v) is 3.68. The summed E-state index contributed by atoms with van der Waals surface area (Å²) in [6, 6.07) is 12.4. The van der Waals surface area contributed by atoms with Crippen LogP contribution in [0.4, 0.5) is 0 Å². The van der Waals surface area contributed by atoms with Gasteiger partial charge in [-0.1, -0.05) is 22.9 Å². The Kier molecular flexibility index (Phi) is 2.86. The highest BCUT2D eigenvalue weighted by molar-refractivity contribution is 6.07. The molecule has 5 nitrogen and oxygen atoms in total. The van der Waals surface area contributed by atoms with Crippen molar-refractivity contribution in [2.24, 2.45) is 0 Å². The summed E-state index contributed by atoms with van der Waals surface area (Å²) in [5.41, 5.74) is -0.0738. The van der Waals surface area contributed by atoms with Crippen molar-refractivity contribution in [3.05, 3.63) is 70.0 Å². The van der Waals surface area contributed by atoms with Crippen LogP contribution in [0.5, 0.6) is 0 Å². The molecule has 2 heterocycles. The van der Waals surface area contributed by atoms with Crippen molar-refractivity contribution >= 4 is 11.5 Å². The van der Waals surface area contributed by atoms with Crippen LogP contribution in [0, 0.1) is 17.3 Å². The zero-order valence-electron chi connectivity index (χ0n) is 12.2. The van der Waals surface area contributed by atoms with Gasteiger partial charge in [0.2, 0.25) is 5.76 Å². The Hall–Kier alpha value is -2.56. The lowest BCUT2D eigenvalue weighted by Crippen LogP contribution is -2.39. The maximum absolute atomic E-state index is 12.7. The molecular weight excluding hydrogens is 268 g/mol. The smallest absolute Gasteiger partial charge is 0.469 e. The van der Waals surface area contributed by atoms with E-state index in [1.807, 2.05) is 6.07 Å². The largest absolute Gasteiger partial charge is 0.618 e. The van der Waals surface area contributed by atoms with Crippen molar-refractivity contribution in [2.45, 2.75) is 26.3 Å². The zero-order chi connectivity index (χ0) is 15.2. The van der Waals surface area contributed by atoms with Gasteiger partial charge in [0.05, 0.1) is 0 Å². The molecule has 1 aliphatic heterocycles. The first-order valence-electron chi connectivity index (χ1n) is 6.74. The van der Waals surface area contributed by atoms with Crippen LogP contribution in [-0.4, -0.2) is 26.6 Å². The van der Waals surface area contributed by atoms with E-state index in [1.165, 1.54) is 0 Å². The molecular formula is C16H16N2O3. The van der Waals surface area contributed by atoms with Crippen LogP contribution in [-0.2, 0) is 0 Å². The van der Waals surface area contributed by atoms with E-state index >= 15 is 0 Å². The Balaban J connectivity index is 2.21. The molecule has 1 aliphatic rings. The van der Waals surface area contributed by atoms with Gasteiger partial charge in [0.15, 0.2) is 0 Å². The van der Waals surface area contributed by atoms with Gasteiger partial charge in [-0.25, -0.2) is 0 Å². The standard InChI is InChI=1S/C16H16N2O3/c1-11-9-10-13(21-11)14-16(2,3)18(20)15(17(14)19)12-7-5-4-6-8-12/h4-10H,1-3H3. The fraction of sp³-hybridized carbons (Fsp3) is 0.250. The number of nitrogens with zero attached hydrogens (tertiary/aromatic N) is 2. The first-order valence-corrected chi connectivity index (χ1v) is 6.74. The number of amidine groups is 1. The maximum Gasteiger partial charge on any atom is 0.469 e. The summed E-state index contributed by atoms with van der Waals surface area (Å²) in [4.78, 5) is 0. The molecule has 0 atom stereocenters. The Bertz CT molecular complexity index is 755. The van der Waals surface area contributed by atoms with E-state index in [1.54, 1.807) is 57.2 Å². The SMILES string of the molecule is Cc1ccc(C2=[N+]([O-])C(c3ccccc3)=[N+]([O-])C2(C)C)o1. The zero-order valence-corrected chi connectivity index (χ0v) is 12.2. The van der Waals surface area contributed by atoms with E-state index in [2.05, 4.69) is 0 Å². The van der Waals surface area contributed by atoms with Gasteiger partial charge in [-0.2, -0.15) is 0 Å². The van der Waals surface area contributed by atoms with Crippen molar-refractivity contribution in [3.8, 4) is 0 Å². The van der Waals surface area contributed by atoms with Crippen LogP contribution >= 0.6 is 0 Å². The quantitative estimate of drug-likeness (QED) is 0.629. The molecule has 5 heteroatoms. The summed E-state index contributed by atoms with van der Waals surface area (Å²) in [6.45, 7) is 5.24. The topological polar surface area (TPSA) is 65.3 Å². The summed E-state index contributed by atoms with van der Waals surface area (Å²) in [5, 5.41) is 25.3. The second-order valence-corrected chi connectivity index (χ2v) is 5.60. The maximum atomic E-state index is 12.7. The van der Waals surface area contributed by atoms with E-state index in [9.17, 15) is 10.4 Å². The molecule has 0 saturated heterocycles. The number of aryl methyl sites for hydroxylation is 1. The second kappa shape index (κ2) is 4.48.